The third-order valence-corrected chi connectivity index (χ3v) is 3.89. The summed E-state index contributed by atoms with van der Waals surface area (Å²) in [4.78, 5) is 12.1. The zero-order valence-corrected chi connectivity index (χ0v) is 12.8. The SMILES string of the molecule is Cc1nn(C)c(C)c1CNC(=O)c1ccccc1Br. The van der Waals surface area contributed by atoms with Gasteiger partial charge in [-0.25, -0.2) is 0 Å². The zero-order chi connectivity index (χ0) is 14.0. The molecule has 0 aliphatic rings. The van der Waals surface area contributed by atoms with Gasteiger partial charge in [0.2, 0.25) is 0 Å². The average molecular weight is 322 g/mol. The van der Waals surface area contributed by atoms with E-state index in [0.29, 0.717) is 12.1 Å². The summed E-state index contributed by atoms with van der Waals surface area (Å²) in [6.07, 6.45) is 0. The number of rotatable bonds is 3. The van der Waals surface area contributed by atoms with Crippen molar-refractivity contribution < 1.29 is 4.79 Å². The van der Waals surface area contributed by atoms with Gasteiger partial charge < -0.3 is 5.32 Å². The monoisotopic (exact) mass is 321 g/mol. The normalized spacial score (nSPS) is 10.5. The number of hydrogen-bond donors (Lipinski definition) is 1. The van der Waals surface area contributed by atoms with Gasteiger partial charge in [0.15, 0.2) is 0 Å². The topological polar surface area (TPSA) is 46.9 Å². The van der Waals surface area contributed by atoms with Crippen molar-refractivity contribution in [3.8, 4) is 0 Å². The van der Waals surface area contributed by atoms with E-state index in [-0.39, 0.29) is 5.91 Å². The maximum Gasteiger partial charge on any atom is 0.252 e. The fraction of sp³-hybridized carbons (Fsp3) is 0.286. The largest absolute Gasteiger partial charge is 0.348 e. The highest BCUT2D eigenvalue weighted by Gasteiger charge is 2.12. The van der Waals surface area contributed by atoms with Gasteiger partial charge in [-0.05, 0) is 41.9 Å². The highest BCUT2D eigenvalue weighted by Crippen LogP contribution is 2.16. The second-order valence-corrected chi connectivity index (χ2v) is 5.29. The molecule has 0 aliphatic heterocycles. The number of nitrogens with zero attached hydrogens (tertiary/aromatic N) is 2. The Balaban J connectivity index is 2.11. The highest BCUT2D eigenvalue weighted by molar-refractivity contribution is 9.10. The summed E-state index contributed by atoms with van der Waals surface area (Å²) in [6, 6.07) is 7.38. The number of nitrogens with one attached hydrogen (secondary N) is 1. The van der Waals surface area contributed by atoms with Gasteiger partial charge in [-0.2, -0.15) is 5.10 Å². The highest BCUT2D eigenvalue weighted by atomic mass is 79.9. The van der Waals surface area contributed by atoms with E-state index in [0.717, 1.165) is 21.4 Å². The lowest BCUT2D eigenvalue weighted by Gasteiger charge is -2.07. The number of halogens is 1. The van der Waals surface area contributed by atoms with Gasteiger partial charge >= 0.3 is 0 Å². The Labute approximate surface area is 120 Å². The second kappa shape index (κ2) is 5.57. The van der Waals surface area contributed by atoms with Crippen molar-refractivity contribution in [2.75, 3.05) is 0 Å². The maximum absolute atomic E-state index is 12.1. The molecule has 19 heavy (non-hydrogen) atoms. The summed E-state index contributed by atoms with van der Waals surface area (Å²) in [6.45, 7) is 4.44. The van der Waals surface area contributed by atoms with Crippen molar-refractivity contribution >= 4 is 21.8 Å². The molecular weight excluding hydrogens is 306 g/mol. The quantitative estimate of drug-likeness (QED) is 0.944. The van der Waals surface area contributed by atoms with Crippen LogP contribution in [0.1, 0.15) is 27.3 Å². The fourth-order valence-corrected chi connectivity index (χ4v) is 2.45. The summed E-state index contributed by atoms with van der Waals surface area (Å²) < 4.78 is 2.63. The lowest BCUT2D eigenvalue weighted by molar-refractivity contribution is 0.0950. The summed E-state index contributed by atoms with van der Waals surface area (Å²) in [7, 11) is 1.90. The minimum Gasteiger partial charge on any atom is -0.348 e. The molecule has 100 valence electrons. The van der Waals surface area contributed by atoms with Crippen molar-refractivity contribution in [3.63, 3.8) is 0 Å². The molecule has 0 saturated heterocycles. The molecule has 1 heterocycles. The van der Waals surface area contributed by atoms with Crippen LogP contribution in [0.3, 0.4) is 0 Å². The number of aryl methyl sites for hydroxylation is 2. The predicted molar refractivity (Wildman–Crippen MR) is 78.0 cm³/mol. The number of carbonyl (C=O) groups excluding carboxylic acids is 1. The minimum atomic E-state index is -0.0878. The molecule has 0 saturated carbocycles. The van der Waals surface area contributed by atoms with Crippen LogP contribution >= 0.6 is 15.9 Å². The van der Waals surface area contributed by atoms with Gasteiger partial charge in [0.1, 0.15) is 0 Å². The van der Waals surface area contributed by atoms with E-state index in [1.165, 1.54) is 0 Å². The van der Waals surface area contributed by atoms with Crippen molar-refractivity contribution in [2.45, 2.75) is 20.4 Å². The number of aromatic nitrogens is 2. The van der Waals surface area contributed by atoms with Crippen molar-refractivity contribution in [1.29, 1.82) is 0 Å². The molecule has 1 aromatic carbocycles. The third-order valence-electron chi connectivity index (χ3n) is 3.20. The van der Waals surface area contributed by atoms with E-state index >= 15 is 0 Å². The molecule has 1 N–H and O–H groups in total. The molecule has 2 aromatic rings. The first-order chi connectivity index (χ1) is 9.00. The molecule has 0 bridgehead atoms. The van der Waals surface area contributed by atoms with E-state index in [2.05, 4.69) is 26.3 Å². The number of benzene rings is 1. The van der Waals surface area contributed by atoms with Crippen molar-refractivity contribution in [2.24, 2.45) is 7.05 Å². The van der Waals surface area contributed by atoms with Crippen LogP contribution in [-0.2, 0) is 13.6 Å². The molecule has 4 nitrogen and oxygen atoms in total. The third kappa shape index (κ3) is 2.87. The van der Waals surface area contributed by atoms with Crippen LogP contribution in [0.2, 0.25) is 0 Å². The molecular formula is C14H16BrN3O. The van der Waals surface area contributed by atoms with Gasteiger partial charge in [0.25, 0.3) is 5.91 Å². The van der Waals surface area contributed by atoms with Gasteiger partial charge in [0, 0.05) is 29.3 Å². The molecule has 0 atom stereocenters. The summed E-state index contributed by atoms with van der Waals surface area (Å²) in [5.74, 6) is -0.0878. The number of hydrogen-bond acceptors (Lipinski definition) is 2. The van der Waals surface area contributed by atoms with Gasteiger partial charge in [-0.3, -0.25) is 9.48 Å². The first kappa shape index (κ1) is 13.8. The minimum absolute atomic E-state index is 0.0878. The molecule has 0 fully saturated rings. The van der Waals surface area contributed by atoms with E-state index < -0.39 is 0 Å². The Hall–Kier alpha value is -1.62. The first-order valence-corrected chi connectivity index (χ1v) is 6.81. The maximum atomic E-state index is 12.1. The summed E-state index contributed by atoms with van der Waals surface area (Å²) in [5.41, 5.74) is 3.74. The number of amides is 1. The second-order valence-electron chi connectivity index (χ2n) is 4.44. The average Bonchev–Trinajstić information content (AvgIpc) is 2.61. The lowest BCUT2D eigenvalue weighted by Crippen LogP contribution is -2.23. The Kier molecular flexibility index (Phi) is 4.04. The Morgan fingerprint density at radius 1 is 1.37 bits per heavy atom. The van der Waals surface area contributed by atoms with E-state index in [9.17, 15) is 4.79 Å². The van der Waals surface area contributed by atoms with E-state index in [4.69, 9.17) is 0 Å². The molecule has 0 spiro atoms. The van der Waals surface area contributed by atoms with Crippen molar-refractivity contribution in [3.05, 3.63) is 51.3 Å². The summed E-state index contributed by atoms with van der Waals surface area (Å²) in [5, 5.41) is 7.26. The lowest BCUT2D eigenvalue weighted by atomic mass is 10.1. The molecule has 0 radical (unpaired) electrons. The van der Waals surface area contributed by atoms with E-state index in [1.54, 1.807) is 6.07 Å². The Morgan fingerprint density at radius 3 is 2.63 bits per heavy atom. The van der Waals surface area contributed by atoms with Crippen LogP contribution in [0.25, 0.3) is 0 Å². The predicted octanol–water partition coefficient (Wildman–Crippen LogP) is 2.73. The van der Waals surface area contributed by atoms with Crippen LogP contribution < -0.4 is 5.32 Å². The standard InChI is InChI=1S/C14H16BrN3O/c1-9-12(10(2)18(3)17-9)8-16-14(19)11-6-4-5-7-13(11)15/h4-7H,8H2,1-3H3,(H,16,19). The van der Waals surface area contributed by atoms with Crippen LogP contribution in [0.15, 0.2) is 28.7 Å². The smallest absolute Gasteiger partial charge is 0.252 e. The summed E-state index contributed by atoms with van der Waals surface area (Å²) >= 11 is 3.38. The molecule has 2 rings (SSSR count). The van der Waals surface area contributed by atoms with Crippen LogP contribution in [0, 0.1) is 13.8 Å². The molecule has 0 unspecified atom stereocenters. The molecule has 0 aliphatic carbocycles. The van der Waals surface area contributed by atoms with Gasteiger partial charge in [-0.1, -0.05) is 12.1 Å². The van der Waals surface area contributed by atoms with E-state index in [1.807, 2.05) is 43.8 Å². The molecule has 1 amide bonds. The first-order valence-electron chi connectivity index (χ1n) is 6.02. The fourth-order valence-electron chi connectivity index (χ4n) is 1.98. The van der Waals surface area contributed by atoms with Crippen LogP contribution in [0.4, 0.5) is 0 Å². The van der Waals surface area contributed by atoms with Gasteiger partial charge in [0.05, 0.1) is 11.3 Å². The Morgan fingerprint density at radius 2 is 2.05 bits per heavy atom. The zero-order valence-electron chi connectivity index (χ0n) is 11.2. The van der Waals surface area contributed by atoms with Crippen LogP contribution in [-0.4, -0.2) is 15.7 Å². The van der Waals surface area contributed by atoms with Crippen LogP contribution in [0.5, 0.6) is 0 Å². The molecule has 5 heteroatoms. The Bertz CT molecular complexity index is 619. The van der Waals surface area contributed by atoms with Gasteiger partial charge in [-0.15, -0.1) is 0 Å². The van der Waals surface area contributed by atoms with Crippen molar-refractivity contribution in [1.82, 2.24) is 15.1 Å². The number of carbonyl (C=O) groups is 1. The molecule has 1 aromatic heterocycles.